The molecule has 1 saturated heterocycles. The molecule has 1 unspecified atom stereocenters. The summed E-state index contributed by atoms with van der Waals surface area (Å²) in [5, 5.41) is 3.10. The molecule has 2 aliphatic rings. The lowest BCUT2D eigenvalue weighted by molar-refractivity contribution is 0.0162. The lowest BCUT2D eigenvalue weighted by Gasteiger charge is -2.35. The molecule has 0 saturated carbocycles. The summed E-state index contributed by atoms with van der Waals surface area (Å²) >= 11 is 0. The summed E-state index contributed by atoms with van der Waals surface area (Å²) in [5.74, 6) is 1.17. The van der Waals surface area contributed by atoms with Crippen LogP contribution in [-0.2, 0) is 4.74 Å². The molecule has 2 heterocycles. The van der Waals surface area contributed by atoms with Gasteiger partial charge in [0, 0.05) is 45.0 Å². The van der Waals surface area contributed by atoms with Crippen LogP contribution in [0.4, 0.5) is 5.69 Å². The molecule has 4 rings (SSSR count). The van der Waals surface area contributed by atoms with Gasteiger partial charge in [0.25, 0.3) is 5.91 Å². The zero-order valence-electron chi connectivity index (χ0n) is 16.9. The molecule has 7 heteroatoms. The van der Waals surface area contributed by atoms with Gasteiger partial charge in [-0.25, -0.2) is 0 Å². The van der Waals surface area contributed by atoms with E-state index >= 15 is 0 Å². The van der Waals surface area contributed by atoms with Gasteiger partial charge in [-0.1, -0.05) is 12.1 Å². The molecular formula is C22H27N3O4. The number of benzene rings is 2. The predicted molar refractivity (Wildman–Crippen MR) is 111 cm³/mol. The average molecular weight is 397 g/mol. The van der Waals surface area contributed by atoms with Gasteiger partial charge in [0.2, 0.25) is 6.79 Å². The van der Waals surface area contributed by atoms with E-state index < -0.39 is 0 Å². The van der Waals surface area contributed by atoms with Crippen LogP contribution in [0.2, 0.25) is 0 Å². The standard InChI is InChI=1S/C22H27N3O4/c1-24(2)18-6-3-16(4-7-18)19(25-9-11-27-12-10-25)14-23-22(26)17-5-8-20-21(13-17)29-15-28-20/h3-8,13,19H,9-12,14-15H2,1-2H3,(H,23,26). The highest BCUT2D eigenvalue weighted by Crippen LogP contribution is 2.32. The van der Waals surface area contributed by atoms with E-state index in [9.17, 15) is 4.79 Å². The second kappa shape index (κ2) is 8.71. The van der Waals surface area contributed by atoms with Crippen molar-refractivity contribution in [2.45, 2.75) is 6.04 Å². The number of hydrogen-bond donors (Lipinski definition) is 1. The molecule has 7 nitrogen and oxygen atoms in total. The second-order valence-electron chi connectivity index (χ2n) is 7.43. The van der Waals surface area contributed by atoms with Crippen molar-refractivity contribution in [3.63, 3.8) is 0 Å². The molecule has 29 heavy (non-hydrogen) atoms. The van der Waals surface area contributed by atoms with Crippen molar-refractivity contribution in [2.24, 2.45) is 0 Å². The first-order chi connectivity index (χ1) is 14.1. The van der Waals surface area contributed by atoms with Crippen molar-refractivity contribution < 1.29 is 19.0 Å². The summed E-state index contributed by atoms with van der Waals surface area (Å²) in [6.45, 7) is 3.84. The Labute approximate surface area is 171 Å². The maximum absolute atomic E-state index is 12.7. The van der Waals surface area contributed by atoms with Crippen molar-refractivity contribution in [1.82, 2.24) is 10.2 Å². The fourth-order valence-electron chi connectivity index (χ4n) is 3.67. The fourth-order valence-corrected chi connectivity index (χ4v) is 3.67. The Kier molecular flexibility index (Phi) is 5.87. The van der Waals surface area contributed by atoms with Crippen molar-refractivity contribution in [1.29, 1.82) is 0 Å². The smallest absolute Gasteiger partial charge is 0.251 e. The molecule has 1 atom stereocenters. The minimum absolute atomic E-state index is 0.0908. The minimum Gasteiger partial charge on any atom is -0.454 e. The van der Waals surface area contributed by atoms with Gasteiger partial charge in [-0.15, -0.1) is 0 Å². The van der Waals surface area contributed by atoms with Crippen LogP contribution in [-0.4, -0.2) is 64.5 Å². The third kappa shape index (κ3) is 4.46. The third-order valence-corrected chi connectivity index (χ3v) is 5.37. The number of nitrogens with zero attached hydrogens (tertiary/aromatic N) is 2. The highest BCUT2D eigenvalue weighted by atomic mass is 16.7. The van der Waals surface area contributed by atoms with Gasteiger partial charge in [0.05, 0.1) is 19.3 Å². The summed E-state index contributed by atoms with van der Waals surface area (Å²) in [6.07, 6.45) is 0. The van der Waals surface area contributed by atoms with Crippen LogP contribution in [0.25, 0.3) is 0 Å². The number of anilines is 1. The van der Waals surface area contributed by atoms with Gasteiger partial charge < -0.3 is 24.4 Å². The number of nitrogens with one attached hydrogen (secondary N) is 1. The predicted octanol–water partition coefficient (Wildman–Crippen LogP) is 2.28. The summed E-state index contributed by atoms with van der Waals surface area (Å²) in [7, 11) is 4.06. The normalized spacial score (nSPS) is 17.0. The second-order valence-corrected chi connectivity index (χ2v) is 7.43. The largest absolute Gasteiger partial charge is 0.454 e. The zero-order chi connectivity index (χ0) is 20.2. The van der Waals surface area contributed by atoms with Crippen molar-refractivity contribution in [3.05, 3.63) is 53.6 Å². The molecule has 2 aromatic carbocycles. The molecule has 154 valence electrons. The van der Waals surface area contributed by atoms with Gasteiger partial charge in [-0.05, 0) is 35.9 Å². The zero-order valence-corrected chi connectivity index (χ0v) is 16.9. The quantitative estimate of drug-likeness (QED) is 0.807. The molecule has 1 N–H and O–H groups in total. The first-order valence-electron chi connectivity index (χ1n) is 9.89. The summed E-state index contributed by atoms with van der Waals surface area (Å²) < 4.78 is 16.2. The number of carbonyl (C=O) groups excluding carboxylic acids is 1. The number of fused-ring (bicyclic) bond motifs is 1. The van der Waals surface area contributed by atoms with Crippen LogP contribution >= 0.6 is 0 Å². The molecule has 2 aliphatic heterocycles. The van der Waals surface area contributed by atoms with Gasteiger partial charge in [-0.2, -0.15) is 0 Å². The van der Waals surface area contributed by atoms with E-state index in [-0.39, 0.29) is 18.7 Å². The average Bonchev–Trinajstić information content (AvgIpc) is 3.23. The molecule has 0 radical (unpaired) electrons. The summed E-state index contributed by atoms with van der Waals surface area (Å²) in [4.78, 5) is 17.2. The Bertz CT molecular complexity index is 848. The number of carbonyl (C=O) groups is 1. The molecule has 0 aromatic heterocycles. The molecule has 0 spiro atoms. The van der Waals surface area contributed by atoms with Crippen LogP contribution in [0.1, 0.15) is 22.0 Å². The van der Waals surface area contributed by atoms with Crippen LogP contribution in [0, 0.1) is 0 Å². The maximum atomic E-state index is 12.7. The third-order valence-electron chi connectivity index (χ3n) is 5.37. The van der Waals surface area contributed by atoms with Crippen molar-refractivity contribution >= 4 is 11.6 Å². The van der Waals surface area contributed by atoms with E-state index in [0.717, 1.165) is 18.8 Å². The van der Waals surface area contributed by atoms with Gasteiger partial charge in [0.1, 0.15) is 0 Å². The Morgan fingerprint density at radius 3 is 2.52 bits per heavy atom. The molecular weight excluding hydrogens is 370 g/mol. The van der Waals surface area contributed by atoms with Gasteiger partial charge in [0.15, 0.2) is 11.5 Å². The Hall–Kier alpha value is -2.77. The minimum atomic E-state index is -0.119. The highest BCUT2D eigenvalue weighted by molar-refractivity contribution is 5.95. The Morgan fingerprint density at radius 1 is 1.07 bits per heavy atom. The Morgan fingerprint density at radius 2 is 1.79 bits per heavy atom. The van der Waals surface area contributed by atoms with E-state index in [0.29, 0.717) is 36.8 Å². The van der Waals surface area contributed by atoms with Crippen LogP contribution < -0.4 is 19.7 Å². The van der Waals surface area contributed by atoms with Crippen LogP contribution in [0.15, 0.2) is 42.5 Å². The molecule has 0 aliphatic carbocycles. The highest BCUT2D eigenvalue weighted by Gasteiger charge is 2.24. The molecule has 1 amide bonds. The Balaban J connectivity index is 1.48. The number of morpholine rings is 1. The van der Waals surface area contributed by atoms with E-state index in [2.05, 4.69) is 39.4 Å². The van der Waals surface area contributed by atoms with Crippen molar-refractivity contribution in [2.75, 3.05) is 58.6 Å². The van der Waals surface area contributed by atoms with E-state index in [1.54, 1.807) is 18.2 Å². The first kappa shape index (κ1) is 19.5. The number of hydrogen-bond acceptors (Lipinski definition) is 6. The fraction of sp³-hybridized carbons (Fsp3) is 0.409. The maximum Gasteiger partial charge on any atom is 0.251 e. The first-order valence-corrected chi connectivity index (χ1v) is 9.89. The van der Waals surface area contributed by atoms with E-state index in [4.69, 9.17) is 14.2 Å². The summed E-state index contributed by atoms with van der Waals surface area (Å²) in [5.41, 5.74) is 2.90. The SMILES string of the molecule is CN(C)c1ccc(C(CNC(=O)c2ccc3c(c2)OCO3)N2CCOCC2)cc1. The molecule has 2 aromatic rings. The lowest BCUT2D eigenvalue weighted by atomic mass is 10.0. The number of ether oxygens (including phenoxy) is 3. The van der Waals surface area contributed by atoms with Gasteiger partial charge in [-0.3, -0.25) is 9.69 Å². The number of rotatable bonds is 6. The van der Waals surface area contributed by atoms with Crippen LogP contribution in [0.5, 0.6) is 11.5 Å². The molecule has 1 fully saturated rings. The monoisotopic (exact) mass is 397 g/mol. The van der Waals surface area contributed by atoms with Gasteiger partial charge >= 0.3 is 0 Å². The molecule has 0 bridgehead atoms. The number of amides is 1. The van der Waals surface area contributed by atoms with E-state index in [1.165, 1.54) is 5.56 Å². The topological polar surface area (TPSA) is 63.3 Å². The lowest BCUT2D eigenvalue weighted by Crippen LogP contribution is -2.43. The summed E-state index contributed by atoms with van der Waals surface area (Å²) in [6, 6.07) is 13.9. The van der Waals surface area contributed by atoms with Crippen LogP contribution in [0.3, 0.4) is 0 Å². The van der Waals surface area contributed by atoms with Crippen molar-refractivity contribution in [3.8, 4) is 11.5 Å². The van der Waals surface area contributed by atoms with E-state index in [1.807, 2.05) is 14.1 Å².